The minimum absolute atomic E-state index is 0.0957. The van der Waals surface area contributed by atoms with Gasteiger partial charge < -0.3 is 19.2 Å². The number of amides is 1. The van der Waals surface area contributed by atoms with Crippen LogP contribution in [-0.4, -0.2) is 18.1 Å². The first-order chi connectivity index (χ1) is 15.0. The maximum absolute atomic E-state index is 12.3. The van der Waals surface area contributed by atoms with E-state index < -0.39 is 23.7 Å². The molecule has 3 aromatic rings. The van der Waals surface area contributed by atoms with E-state index in [1.807, 2.05) is 30.3 Å². The fraction of sp³-hybridized carbons (Fsp3) is 0.292. The molecule has 7 heteroatoms. The first-order valence-corrected chi connectivity index (χ1v) is 10.2. The van der Waals surface area contributed by atoms with Crippen molar-refractivity contribution in [1.29, 1.82) is 0 Å². The number of nitrogens with one attached hydrogen (secondary N) is 1. The molecule has 0 radical (unpaired) electrons. The van der Waals surface area contributed by atoms with Crippen LogP contribution in [0.4, 0.5) is 4.79 Å². The molecular weight excluding hydrogens is 398 g/mol. The van der Waals surface area contributed by atoms with Crippen molar-refractivity contribution in [3.63, 3.8) is 0 Å². The quantitative estimate of drug-likeness (QED) is 0.329. The fourth-order valence-electron chi connectivity index (χ4n) is 3.05. The van der Waals surface area contributed by atoms with E-state index in [4.69, 9.17) is 13.9 Å². The van der Waals surface area contributed by atoms with E-state index in [-0.39, 0.29) is 12.4 Å². The highest BCUT2D eigenvalue weighted by atomic mass is 16.6. The van der Waals surface area contributed by atoms with Crippen LogP contribution in [0.2, 0.25) is 0 Å². The molecule has 7 nitrogen and oxygen atoms in total. The van der Waals surface area contributed by atoms with Crippen molar-refractivity contribution in [3.05, 3.63) is 76.1 Å². The third-order valence-electron chi connectivity index (χ3n) is 4.72. The second kappa shape index (κ2) is 10.4. The van der Waals surface area contributed by atoms with Crippen molar-refractivity contribution < 1.29 is 23.5 Å². The van der Waals surface area contributed by atoms with Gasteiger partial charge in [-0.2, -0.15) is 0 Å². The highest BCUT2D eigenvalue weighted by Crippen LogP contribution is 2.24. The number of benzene rings is 2. The zero-order valence-electron chi connectivity index (χ0n) is 17.6. The molecule has 1 atom stereocenters. The summed E-state index contributed by atoms with van der Waals surface area (Å²) in [6.07, 6.45) is 2.01. The lowest BCUT2D eigenvalue weighted by Gasteiger charge is -2.14. The summed E-state index contributed by atoms with van der Waals surface area (Å²) in [6.45, 7) is 3.67. The average molecular weight is 423 g/mol. The summed E-state index contributed by atoms with van der Waals surface area (Å²) >= 11 is 0. The summed E-state index contributed by atoms with van der Waals surface area (Å²) in [5, 5.41) is 3.25. The molecule has 1 aromatic heterocycles. The van der Waals surface area contributed by atoms with Gasteiger partial charge in [-0.1, -0.05) is 43.7 Å². The molecule has 1 unspecified atom stereocenters. The van der Waals surface area contributed by atoms with Crippen LogP contribution in [-0.2, 0) is 22.6 Å². The molecule has 1 amide bonds. The second-order valence-electron chi connectivity index (χ2n) is 7.20. The second-order valence-corrected chi connectivity index (χ2v) is 7.20. The Morgan fingerprint density at radius 1 is 1.10 bits per heavy atom. The number of esters is 1. The lowest BCUT2D eigenvalue weighted by Crippen LogP contribution is -2.41. The number of fused-ring (bicyclic) bond motifs is 1. The van der Waals surface area contributed by atoms with Crippen LogP contribution in [0, 0.1) is 0 Å². The molecule has 0 aliphatic carbocycles. The maximum Gasteiger partial charge on any atom is 0.408 e. The summed E-state index contributed by atoms with van der Waals surface area (Å²) in [5.74, 6) is -0.444. The first-order valence-electron chi connectivity index (χ1n) is 10.2. The predicted molar refractivity (Wildman–Crippen MR) is 116 cm³/mol. The van der Waals surface area contributed by atoms with Gasteiger partial charge in [0.1, 0.15) is 24.0 Å². The molecule has 3 rings (SSSR count). The summed E-state index contributed by atoms with van der Waals surface area (Å²) in [4.78, 5) is 36.1. The Hall–Kier alpha value is -3.61. The monoisotopic (exact) mass is 423 g/mol. The van der Waals surface area contributed by atoms with Gasteiger partial charge in [0.2, 0.25) is 0 Å². The number of ether oxygens (including phenoxy) is 2. The highest BCUT2D eigenvalue weighted by Gasteiger charge is 2.19. The van der Waals surface area contributed by atoms with Gasteiger partial charge in [-0.25, -0.2) is 14.4 Å². The van der Waals surface area contributed by atoms with E-state index >= 15 is 0 Å². The molecule has 0 saturated carbocycles. The number of alkyl carbamates (subject to hydrolysis) is 1. The summed E-state index contributed by atoms with van der Waals surface area (Å²) in [6, 6.07) is 14.7. The molecule has 162 valence electrons. The molecule has 2 aromatic carbocycles. The van der Waals surface area contributed by atoms with Crippen molar-refractivity contribution >= 4 is 23.0 Å². The Bertz CT molecular complexity index is 1110. The van der Waals surface area contributed by atoms with Crippen LogP contribution in [0.25, 0.3) is 11.0 Å². The van der Waals surface area contributed by atoms with Gasteiger partial charge in [0, 0.05) is 17.5 Å². The largest absolute Gasteiger partial charge is 0.445 e. The molecule has 1 N–H and O–H groups in total. The van der Waals surface area contributed by atoms with Gasteiger partial charge >= 0.3 is 17.7 Å². The van der Waals surface area contributed by atoms with Gasteiger partial charge in [0.25, 0.3) is 0 Å². The van der Waals surface area contributed by atoms with Crippen molar-refractivity contribution in [1.82, 2.24) is 5.32 Å². The number of aryl methyl sites for hydroxylation is 1. The normalized spacial score (nSPS) is 11.7. The standard InChI is InChI=1S/C24H25NO6/c1-3-4-10-18-13-22(26)31-21-14-19(11-12-20(18)21)30-23(27)16(2)25-24(28)29-15-17-8-6-5-7-9-17/h5-9,11-14,16H,3-4,10,15H2,1-2H3,(H,25,28). The Morgan fingerprint density at radius 3 is 2.61 bits per heavy atom. The van der Waals surface area contributed by atoms with E-state index in [0.717, 1.165) is 35.8 Å². The Balaban J connectivity index is 1.61. The Morgan fingerprint density at radius 2 is 1.87 bits per heavy atom. The molecule has 31 heavy (non-hydrogen) atoms. The fourth-order valence-corrected chi connectivity index (χ4v) is 3.05. The van der Waals surface area contributed by atoms with E-state index in [1.165, 1.54) is 19.1 Å². The SMILES string of the molecule is CCCCc1cc(=O)oc2cc(OC(=O)C(C)NC(=O)OCc3ccccc3)ccc12. The third-order valence-corrected chi connectivity index (χ3v) is 4.72. The van der Waals surface area contributed by atoms with Crippen molar-refractivity contribution in [2.24, 2.45) is 0 Å². The number of carbonyl (C=O) groups is 2. The molecule has 0 fully saturated rings. The van der Waals surface area contributed by atoms with Crippen LogP contribution in [0.5, 0.6) is 5.75 Å². The van der Waals surface area contributed by atoms with Crippen LogP contribution < -0.4 is 15.7 Å². The molecule has 0 spiro atoms. The van der Waals surface area contributed by atoms with Gasteiger partial charge in [-0.3, -0.25) is 0 Å². The van der Waals surface area contributed by atoms with Crippen LogP contribution in [0.1, 0.15) is 37.8 Å². The lowest BCUT2D eigenvalue weighted by molar-refractivity contribution is -0.136. The summed E-state index contributed by atoms with van der Waals surface area (Å²) in [7, 11) is 0. The molecule has 0 saturated heterocycles. The van der Waals surface area contributed by atoms with Crippen LogP contribution in [0.15, 0.2) is 63.8 Å². The van der Waals surface area contributed by atoms with Gasteiger partial charge in [0.05, 0.1) is 0 Å². The van der Waals surface area contributed by atoms with E-state index in [9.17, 15) is 14.4 Å². The van der Waals surface area contributed by atoms with Gasteiger partial charge in [-0.15, -0.1) is 0 Å². The van der Waals surface area contributed by atoms with E-state index in [0.29, 0.717) is 5.58 Å². The van der Waals surface area contributed by atoms with E-state index in [1.54, 1.807) is 12.1 Å². The average Bonchev–Trinajstić information content (AvgIpc) is 2.76. The van der Waals surface area contributed by atoms with Gasteiger partial charge in [-0.05, 0) is 43.0 Å². The Kier molecular flexibility index (Phi) is 7.43. The molecule has 0 aliphatic rings. The zero-order chi connectivity index (χ0) is 22.2. The molecule has 1 heterocycles. The number of hydrogen-bond donors (Lipinski definition) is 1. The van der Waals surface area contributed by atoms with Crippen molar-refractivity contribution in [2.45, 2.75) is 45.8 Å². The minimum Gasteiger partial charge on any atom is -0.445 e. The lowest BCUT2D eigenvalue weighted by atomic mass is 10.0. The zero-order valence-corrected chi connectivity index (χ0v) is 17.6. The van der Waals surface area contributed by atoms with Crippen LogP contribution >= 0.6 is 0 Å². The highest BCUT2D eigenvalue weighted by molar-refractivity contribution is 5.85. The number of unbranched alkanes of at least 4 members (excludes halogenated alkanes) is 1. The van der Waals surface area contributed by atoms with Crippen molar-refractivity contribution in [2.75, 3.05) is 0 Å². The minimum atomic E-state index is -0.929. The summed E-state index contributed by atoms with van der Waals surface area (Å²) in [5.41, 5.74) is 1.65. The topological polar surface area (TPSA) is 94.8 Å². The predicted octanol–water partition coefficient (Wildman–Crippen LogP) is 4.36. The van der Waals surface area contributed by atoms with Crippen molar-refractivity contribution in [3.8, 4) is 5.75 Å². The van der Waals surface area contributed by atoms with E-state index in [2.05, 4.69) is 12.2 Å². The van der Waals surface area contributed by atoms with Crippen LogP contribution in [0.3, 0.4) is 0 Å². The summed E-state index contributed by atoms with van der Waals surface area (Å²) < 4.78 is 15.7. The number of rotatable bonds is 8. The number of hydrogen-bond acceptors (Lipinski definition) is 6. The molecular formula is C24H25NO6. The maximum atomic E-state index is 12.3. The smallest absolute Gasteiger partial charge is 0.408 e. The molecule has 0 bridgehead atoms. The third kappa shape index (κ3) is 6.18. The van der Waals surface area contributed by atoms with Gasteiger partial charge in [0.15, 0.2) is 0 Å². The molecule has 0 aliphatic heterocycles. The first kappa shape index (κ1) is 22.1. The number of carbonyl (C=O) groups excluding carboxylic acids is 2. The Labute approximate surface area is 180 Å².